The van der Waals surface area contributed by atoms with E-state index in [-0.39, 0.29) is 11.6 Å². The van der Waals surface area contributed by atoms with Crippen LogP contribution < -0.4 is 14.2 Å². The van der Waals surface area contributed by atoms with Gasteiger partial charge in [0.15, 0.2) is 5.78 Å². The third-order valence-electron chi connectivity index (χ3n) is 3.20. The fraction of sp³-hybridized carbons (Fsp3) is 0.278. The zero-order valence-electron chi connectivity index (χ0n) is 13.2. The molecule has 0 saturated carbocycles. The highest BCUT2D eigenvalue weighted by atomic mass is 19.1. The molecular weight excluding hydrogens is 299 g/mol. The number of hydrogen-bond donors (Lipinski definition) is 0. The van der Waals surface area contributed by atoms with Gasteiger partial charge < -0.3 is 14.2 Å². The molecule has 0 bridgehead atoms. The second kappa shape index (κ2) is 8.17. The van der Waals surface area contributed by atoms with Crippen LogP contribution in [0.4, 0.5) is 4.39 Å². The van der Waals surface area contributed by atoms with Crippen molar-refractivity contribution in [2.45, 2.75) is 13.3 Å². The fourth-order valence-corrected chi connectivity index (χ4v) is 2.00. The summed E-state index contributed by atoms with van der Waals surface area (Å²) in [5.74, 6) is 1.38. The molecule has 0 heterocycles. The Balaban J connectivity index is 1.83. The first-order valence-corrected chi connectivity index (χ1v) is 7.30. The average Bonchev–Trinajstić information content (AvgIpc) is 2.55. The van der Waals surface area contributed by atoms with E-state index in [2.05, 4.69) is 0 Å². The molecule has 5 heteroatoms. The van der Waals surface area contributed by atoms with Crippen molar-refractivity contribution < 1.29 is 23.4 Å². The summed E-state index contributed by atoms with van der Waals surface area (Å²) < 4.78 is 29.0. The van der Waals surface area contributed by atoms with Gasteiger partial charge in [-0.1, -0.05) is 0 Å². The summed E-state index contributed by atoms with van der Waals surface area (Å²) in [5.41, 5.74) is 0.519. The number of Topliss-reactive ketones (excluding diaryl/α,β-unsaturated/α-hetero) is 1. The summed E-state index contributed by atoms with van der Waals surface area (Å²) in [6.07, 6.45) is 0.631. The van der Waals surface area contributed by atoms with Gasteiger partial charge in [0.1, 0.15) is 23.1 Å². The van der Waals surface area contributed by atoms with Crippen LogP contribution in [0.25, 0.3) is 0 Å². The predicted molar refractivity (Wildman–Crippen MR) is 85.0 cm³/mol. The van der Waals surface area contributed by atoms with Crippen molar-refractivity contribution in [2.24, 2.45) is 0 Å². The molecule has 0 N–H and O–H groups in total. The van der Waals surface area contributed by atoms with Gasteiger partial charge in [-0.05, 0) is 43.3 Å². The Morgan fingerprint density at radius 3 is 2.30 bits per heavy atom. The van der Waals surface area contributed by atoms with Crippen molar-refractivity contribution in [3.63, 3.8) is 0 Å². The van der Waals surface area contributed by atoms with E-state index < -0.39 is 0 Å². The molecule has 2 aromatic carbocycles. The molecule has 0 amide bonds. The Labute approximate surface area is 134 Å². The molecule has 2 aromatic rings. The quantitative estimate of drug-likeness (QED) is 0.547. The molecule has 122 valence electrons. The van der Waals surface area contributed by atoms with Crippen molar-refractivity contribution in [1.82, 2.24) is 0 Å². The monoisotopic (exact) mass is 318 g/mol. The van der Waals surface area contributed by atoms with E-state index in [9.17, 15) is 9.18 Å². The zero-order chi connectivity index (χ0) is 16.7. The van der Waals surface area contributed by atoms with Gasteiger partial charge in [0.2, 0.25) is 0 Å². The van der Waals surface area contributed by atoms with E-state index in [0.29, 0.717) is 42.4 Å². The number of carbonyl (C=O) groups is 1. The van der Waals surface area contributed by atoms with Gasteiger partial charge in [-0.15, -0.1) is 0 Å². The lowest BCUT2D eigenvalue weighted by atomic mass is 10.1. The Hall–Kier alpha value is -2.56. The fourth-order valence-electron chi connectivity index (χ4n) is 2.00. The van der Waals surface area contributed by atoms with Crippen LogP contribution in [0.2, 0.25) is 0 Å². The van der Waals surface area contributed by atoms with Gasteiger partial charge in [0, 0.05) is 12.5 Å². The van der Waals surface area contributed by atoms with Gasteiger partial charge in [-0.3, -0.25) is 4.79 Å². The van der Waals surface area contributed by atoms with Crippen LogP contribution in [0.3, 0.4) is 0 Å². The standard InChI is InChI=1S/C18H19FO4/c1-13(20)17-9-8-16(21-2)12-18(17)23-11-3-10-22-15-6-4-14(19)5-7-15/h4-9,12H,3,10-11H2,1-2H3. The first-order chi connectivity index (χ1) is 11.1. The first-order valence-electron chi connectivity index (χ1n) is 7.30. The van der Waals surface area contributed by atoms with Crippen molar-refractivity contribution >= 4 is 5.78 Å². The van der Waals surface area contributed by atoms with Crippen molar-refractivity contribution in [3.8, 4) is 17.2 Å². The molecule has 0 atom stereocenters. The highest BCUT2D eigenvalue weighted by Crippen LogP contribution is 2.25. The summed E-state index contributed by atoms with van der Waals surface area (Å²) in [5, 5.41) is 0. The lowest BCUT2D eigenvalue weighted by molar-refractivity contribution is 0.101. The molecule has 0 aliphatic heterocycles. The summed E-state index contributed by atoms with van der Waals surface area (Å²) >= 11 is 0. The van der Waals surface area contributed by atoms with Gasteiger partial charge in [0.05, 0.1) is 25.9 Å². The molecule has 23 heavy (non-hydrogen) atoms. The predicted octanol–water partition coefficient (Wildman–Crippen LogP) is 3.88. The Morgan fingerprint density at radius 1 is 1.00 bits per heavy atom. The highest BCUT2D eigenvalue weighted by Gasteiger charge is 2.10. The molecule has 0 unspecified atom stereocenters. The van der Waals surface area contributed by atoms with E-state index >= 15 is 0 Å². The van der Waals surface area contributed by atoms with Crippen LogP contribution in [-0.2, 0) is 0 Å². The molecule has 4 nitrogen and oxygen atoms in total. The minimum absolute atomic E-state index is 0.0646. The minimum Gasteiger partial charge on any atom is -0.497 e. The van der Waals surface area contributed by atoms with E-state index in [1.54, 1.807) is 37.4 Å². The van der Waals surface area contributed by atoms with Crippen molar-refractivity contribution in [2.75, 3.05) is 20.3 Å². The summed E-state index contributed by atoms with van der Waals surface area (Å²) in [4.78, 5) is 11.6. The van der Waals surface area contributed by atoms with Gasteiger partial charge in [-0.25, -0.2) is 4.39 Å². The van der Waals surface area contributed by atoms with E-state index in [4.69, 9.17) is 14.2 Å². The lowest BCUT2D eigenvalue weighted by Crippen LogP contribution is -2.07. The van der Waals surface area contributed by atoms with Crippen LogP contribution in [-0.4, -0.2) is 26.1 Å². The second-order valence-electron chi connectivity index (χ2n) is 4.92. The van der Waals surface area contributed by atoms with Gasteiger partial charge in [-0.2, -0.15) is 0 Å². The third-order valence-corrected chi connectivity index (χ3v) is 3.20. The maximum Gasteiger partial charge on any atom is 0.163 e. The number of hydrogen-bond acceptors (Lipinski definition) is 4. The normalized spacial score (nSPS) is 10.2. The van der Waals surface area contributed by atoms with Crippen molar-refractivity contribution in [1.29, 1.82) is 0 Å². The maximum absolute atomic E-state index is 12.8. The van der Waals surface area contributed by atoms with Crippen LogP contribution in [0.5, 0.6) is 17.2 Å². The number of ketones is 1. The third kappa shape index (κ3) is 4.98. The first kappa shape index (κ1) is 16.8. The summed E-state index contributed by atoms with van der Waals surface area (Å²) in [6.45, 7) is 2.33. The topological polar surface area (TPSA) is 44.8 Å². The largest absolute Gasteiger partial charge is 0.497 e. The second-order valence-corrected chi connectivity index (χ2v) is 4.92. The molecule has 0 saturated heterocycles. The van der Waals surface area contributed by atoms with E-state index in [1.807, 2.05) is 0 Å². The molecule has 0 aromatic heterocycles. The molecule has 0 spiro atoms. The summed E-state index contributed by atoms with van der Waals surface area (Å²) in [7, 11) is 1.56. The minimum atomic E-state index is -0.296. The molecule has 0 aliphatic carbocycles. The number of carbonyl (C=O) groups excluding carboxylic acids is 1. The van der Waals surface area contributed by atoms with E-state index in [1.165, 1.54) is 19.1 Å². The van der Waals surface area contributed by atoms with Crippen LogP contribution >= 0.6 is 0 Å². The molecule has 0 fully saturated rings. The molecular formula is C18H19FO4. The Morgan fingerprint density at radius 2 is 1.65 bits per heavy atom. The van der Waals surface area contributed by atoms with Crippen LogP contribution in [0.15, 0.2) is 42.5 Å². The van der Waals surface area contributed by atoms with Crippen LogP contribution in [0, 0.1) is 5.82 Å². The number of halogens is 1. The molecule has 2 rings (SSSR count). The molecule has 0 radical (unpaired) electrons. The Kier molecular flexibility index (Phi) is 5.97. The summed E-state index contributed by atoms with van der Waals surface area (Å²) in [6, 6.07) is 10.9. The van der Waals surface area contributed by atoms with E-state index in [0.717, 1.165) is 0 Å². The van der Waals surface area contributed by atoms with Gasteiger partial charge >= 0.3 is 0 Å². The lowest BCUT2D eigenvalue weighted by Gasteiger charge is -2.12. The SMILES string of the molecule is COc1ccc(C(C)=O)c(OCCCOc2ccc(F)cc2)c1. The number of benzene rings is 2. The maximum atomic E-state index is 12.8. The number of rotatable bonds is 8. The number of methoxy groups -OCH3 is 1. The van der Waals surface area contributed by atoms with Gasteiger partial charge in [0.25, 0.3) is 0 Å². The Bertz CT molecular complexity index is 653. The zero-order valence-corrected chi connectivity index (χ0v) is 13.2. The number of ether oxygens (including phenoxy) is 3. The molecule has 0 aliphatic rings. The van der Waals surface area contributed by atoms with Crippen molar-refractivity contribution in [3.05, 3.63) is 53.8 Å². The average molecular weight is 318 g/mol. The van der Waals surface area contributed by atoms with Crippen LogP contribution in [0.1, 0.15) is 23.7 Å². The smallest absolute Gasteiger partial charge is 0.163 e. The highest BCUT2D eigenvalue weighted by molar-refractivity contribution is 5.97.